The third-order valence-electron chi connectivity index (χ3n) is 5.14. The summed E-state index contributed by atoms with van der Waals surface area (Å²) >= 11 is 11.9. The number of nitrogens with zero attached hydrogens (tertiary/aromatic N) is 1. The van der Waals surface area contributed by atoms with Crippen LogP contribution < -0.4 is 14.8 Å². The number of rotatable bonds is 8. The van der Waals surface area contributed by atoms with Gasteiger partial charge in [0.15, 0.2) is 0 Å². The van der Waals surface area contributed by atoms with Crippen molar-refractivity contribution in [2.75, 3.05) is 39.9 Å². The summed E-state index contributed by atoms with van der Waals surface area (Å²) in [6.45, 7) is 1.89. The molecule has 1 amide bonds. The van der Waals surface area contributed by atoms with Crippen LogP contribution in [0.3, 0.4) is 0 Å². The van der Waals surface area contributed by atoms with Gasteiger partial charge < -0.3 is 19.7 Å². The van der Waals surface area contributed by atoms with Gasteiger partial charge in [0.25, 0.3) is 5.91 Å². The van der Waals surface area contributed by atoms with Crippen molar-refractivity contribution in [3.05, 3.63) is 58.1 Å². The Kier molecular flexibility index (Phi) is 7.81. The number of likely N-dealkylation sites (tertiary alicyclic amines) is 1. The first-order valence-corrected chi connectivity index (χ1v) is 10.6. The Labute approximate surface area is 186 Å². The largest absolute Gasteiger partial charge is 0.497 e. The predicted octanol–water partition coefficient (Wildman–Crippen LogP) is 4.61. The SMILES string of the molecule is COc1cccc(OCCNCC2(F)CCN(C(=O)c3ccc(Cl)c(Cl)c3)CC2)c1. The van der Waals surface area contributed by atoms with Gasteiger partial charge in [-0.2, -0.15) is 0 Å². The van der Waals surface area contributed by atoms with Gasteiger partial charge in [0.05, 0.1) is 17.2 Å². The van der Waals surface area contributed by atoms with Gasteiger partial charge in [-0.25, -0.2) is 4.39 Å². The fourth-order valence-electron chi connectivity index (χ4n) is 3.34. The summed E-state index contributed by atoms with van der Waals surface area (Å²) in [4.78, 5) is 14.3. The van der Waals surface area contributed by atoms with E-state index in [0.717, 1.165) is 5.75 Å². The number of hydrogen-bond acceptors (Lipinski definition) is 4. The first-order chi connectivity index (χ1) is 14.4. The van der Waals surface area contributed by atoms with Crippen LogP contribution in [-0.4, -0.2) is 56.4 Å². The van der Waals surface area contributed by atoms with E-state index >= 15 is 4.39 Å². The second-order valence-corrected chi connectivity index (χ2v) is 8.09. The zero-order valence-electron chi connectivity index (χ0n) is 16.8. The summed E-state index contributed by atoms with van der Waals surface area (Å²) in [5.41, 5.74) is -0.881. The number of carbonyl (C=O) groups is 1. The van der Waals surface area contributed by atoms with Crippen LogP contribution in [0, 0.1) is 0 Å². The number of nitrogens with one attached hydrogen (secondary N) is 1. The Morgan fingerprint density at radius 3 is 2.57 bits per heavy atom. The fraction of sp³-hybridized carbons (Fsp3) is 0.409. The summed E-state index contributed by atoms with van der Waals surface area (Å²) in [5.74, 6) is 1.28. The molecule has 1 heterocycles. The Morgan fingerprint density at radius 2 is 1.87 bits per heavy atom. The van der Waals surface area contributed by atoms with E-state index in [9.17, 15) is 4.79 Å². The molecule has 5 nitrogen and oxygen atoms in total. The van der Waals surface area contributed by atoms with Gasteiger partial charge in [0, 0.05) is 50.7 Å². The highest BCUT2D eigenvalue weighted by Crippen LogP contribution is 2.28. The molecule has 0 bridgehead atoms. The predicted molar refractivity (Wildman–Crippen MR) is 117 cm³/mol. The minimum atomic E-state index is -1.34. The second-order valence-electron chi connectivity index (χ2n) is 7.28. The molecule has 1 saturated heterocycles. The quantitative estimate of drug-likeness (QED) is 0.591. The number of piperidine rings is 1. The van der Waals surface area contributed by atoms with Crippen molar-refractivity contribution in [3.63, 3.8) is 0 Å². The summed E-state index contributed by atoms with van der Waals surface area (Å²) in [6, 6.07) is 12.1. The number of halogens is 3. The number of benzene rings is 2. The average molecular weight is 455 g/mol. The molecule has 0 spiro atoms. The molecule has 162 valence electrons. The maximum Gasteiger partial charge on any atom is 0.253 e. The van der Waals surface area contributed by atoms with Crippen molar-refractivity contribution in [1.82, 2.24) is 10.2 Å². The number of ether oxygens (including phenoxy) is 2. The van der Waals surface area contributed by atoms with E-state index in [2.05, 4.69) is 5.32 Å². The molecule has 0 saturated carbocycles. The lowest BCUT2D eigenvalue weighted by Gasteiger charge is -2.36. The van der Waals surface area contributed by atoms with Gasteiger partial charge in [-0.05, 0) is 30.3 Å². The first-order valence-electron chi connectivity index (χ1n) is 9.81. The van der Waals surface area contributed by atoms with Gasteiger partial charge in [0.1, 0.15) is 23.8 Å². The van der Waals surface area contributed by atoms with Crippen LogP contribution in [0.1, 0.15) is 23.2 Å². The third-order valence-corrected chi connectivity index (χ3v) is 5.88. The zero-order chi connectivity index (χ0) is 21.6. The lowest BCUT2D eigenvalue weighted by molar-refractivity contribution is 0.0433. The molecule has 1 N–H and O–H groups in total. The van der Waals surface area contributed by atoms with E-state index in [0.29, 0.717) is 47.6 Å². The van der Waals surface area contributed by atoms with E-state index in [1.807, 2.05) is 18.2 Å². The van der Waals surface area contributed by atoms with Gasteiger partial charge in [-0.1, -0.05) is 29.3 Å². The molecule has 0 radical (unpaired) electrons. The lowest BCUT2D eigenvalue weighted by atomic mass is 9.93. The van der Waals surface area contributed by atoms with Gasteiger partial charge >= 0.3 is 0 Å². The zero-order valence-corrected chi connectivity index (χ0v) is 18.3. The molecule has 8 heteroatoms. The van der Waals surface area contributed by atoms with Crippen molar-refractivity contribution in [1.29, 1.82) is 0 Å². The minimum Gasteiger partial charge on any atom is -0.497 e. The van der Waals surface area contributed by atoms with Crippen LogP contribution in [0.15, 0.2) is 42.5 Å². The Morgan fingerprint density at radius 1 is 1.13 bits per heavy atom. The number of alkyl halides is 1. The molecule has 0 aromatic heterocycles. The molecule has 0 atom stereocenters. The van der Waals surface area contributed by atoms with E-state index in [1.54, 1.807) is 36.3 Å². The van der Waals surface area contributed by atoms with Gasteiger partial charge in [-0.3, -0.25) is 4.79 Å². The lowest BCUT2D eigenvalue weighted by Crippen LogP contribution is -2.49. The third kappa shape index (κ3) is 6.00. The van der Waals surface area contributed by atoms with Gasteiger partial charge in [-0.15, -0.1) is 0 Å². The minimum absolute atomic E-state index is 0.157. The standard InChI is InChI=1S/C22H25Cl2FN2O3/c1-29-17-3-2-4-18(14-17)30-12-9-26-15-22(25)7-10-27(11-8-22)21(28)16-5-6-19(23)20(24)13-16/h2-6,13-14,26H,7-12,15H2,1H3. The van der Waals surface area contributed by atoms with Crippen molar-refractivity contribution < 1.29 is 18.7 Å². The van der Waals surface area contributed by atoms with Crippen LogP contribution >= 0.6 is 23.2 Å². The number of methoxy groups -OCH3 is 1. The van der Waals surface area contributed by atoms with Crippen molar-refractivity contribution in [2.24, 2.45) is 0 Å². The molecular weight excluding hydrogens is 430 g/mol. The van der Waals surface area contributed by atoms with Crippen molar-refractivity contribution in [2.45, 2.75) is 18.5 Å². The molecule has 2 aromatic rings. The molecular formula is C22H25Cl2FN2O3. The van der Waals surface area contributed by atoms with Crippen LogP contribution in [0.5, 0.6) is 11.5 Å². The number of amides is 1. The summed E-state index contributed by atoms with van der Waals surface area (Å²) in [5, 5.41) is 3.85. The molecule has 1 aliphatic heterocycles. The smallest absolute Gasteiger partial charge is 0.253 e. The number of hydrogen-bond donors (Lipinski definition) is 1. The molecule has 1 fully saturated rings. The van der Waals surface area contributed by atoms with Crippen LogP contribution in [0.2, 0.25) is 10.0 Å². The molecule has 2 aromatic carbocycles. The topological polar surface area (TPSA) is 50.8 Å². The monoisotopic (exact) mass is 454 g/mol. The number of carbonyl (C=O) groups excluding carboxylic acids is 1. The Hall–Kier alpha value is -2.02. The fourth-order valence-corrected chi connectivity index (χ4v) is 3.64. The summed E-state index contributed by atoms with van der Waals surface area (Å²) in [7, 11) is 1.60. The van der Waals surface area contributed by atoms with Crippen LogP contribution in [-0.2, 0) is 0 Å². The van der Waals surface area contributed by atoms with Gasteiger partial charge in [0.2, 0.25) is 0 Å². The van der Waals surface area contributed by atoms with Crippen LogP contribution in [0.25, 0.3) is 0 Å². The first kappa shape index (κ1) is 22.7. The summed E-state index contributed by atoms with van der Waals surface area (Å²) < 4.78 is 25.9. The van der Waals surface area contributed by atoms with E-state index in [4.69, 9.17) is 32.7 Å². The van der Waals surface area contributed by atoms with Crippen LogP contribution in [0.4, 0.5) is 4.39 Å². The van der Waals surface area contributed by atoms with E-state index in [-0.39, 0.29) is 25.3 Å². The normalized spacial score (nSPS) is 15.7. The molecule has 3 rings (SSSR count). The van der Waals surface area contributed by atoms with Crippen molar-refractivity contribution in [3.8, 4) is 11.5 Å². The maximum absolute atomic E-state index is 15.1. The summed E-state index contributed by atoms with van der Waals surface area (Å²) in [6.07, 6.45) is 0.563. The highest BCUT2D eigenvalue weighted by Gasteiger charge is 2.35. The average Bonchev–Trinajstić information content (AvgIpc) is 2.75. The van der Waals surface area contributed by atoms with Crippen molar-refractivity contribution >= 4 is 29.1 Å². The van der Waals surface area contributed by atoms with E-state index in [1.165, 1.54) is 0 Å². The molecule has 0 unspecified atom stereocenters. The highest BCUT2D eigenvalue weighted by atomic mass is 35.5. The maximum atomic E-state index is 15.1. The molecule has 30 heavy (non-hydrogen) atoms. The molecule has 1 aliphatic rings. The molecule has 0 aliphatic carbocycles. The Bertz CT molecular complexity index is 873. The Balaban J connectivity index is 1.40. The second kappa shape index (κ2) is 10.3. The highest BCUT2D eigenvalue weighted by molar-refractivity contribution is 6.42. The van der Waals surface area contributed by atoms with E-state index < -0.39 is 5.67 Å².